The molecule has 1 aromatic heterocycles. The van der Waals surface area contributed by atoms with Crippen molar-refractivity contribution in [3.8, 4) is 0 Å². The summed E-state index contributed by atoms with van der Waals surface area (Å²) in [6.07, 6.45) is 6.62. The second kappa shape index (κ2) is 11.6. The fraction of sp³-hybridized carbons (Fsp3) is 0.815. The van der Waals surface area contributed by atoms with E-state index in [1.807, 2.05) is 11.9 Å². The van der Waals surface area contributed by atoms with Crippen LogP contribution in [0.4, 0.5) is 0 Å². The van der Waals surface area contributed by atoms with E-state index in [2.05, 4.69) is 26.8 Å². The van der Waals surface area contributed by atoms with Gasteiger partial charge in [0.2, 0.25) is 0 Å². The predicted octanol–water partition coefficient (Wildman–Crippen LogP) is 2.66. The molecule has 0 radical (unpaired) electrons. The molecule has 1 aromatic rings. The fourth-order valence-corrected chi connectivity index (χ4v) is 6.43. The summed E-state index contributed by atoms with van der Waals surface area (Å²) >= 11 is 0. The summed E-state index contributed by atoms with van der Waals surface area (Å²) in [7, 11) is 7.68. The molecule has 2 fully saturated rings. The van der Waals surface area contributed by atoms with Crippen LogP contribution in [0.5, 0.6) is 0 Å². The maximum atomic E-state index is 13.4. The quantitative estimate of drug-likeness (QED) is 0.471. The third kappa shape index (κ3) is 5.33. The van der Waals surface area contributed by atoms with Gasteiger partial charge in [0.05, 0.1) is 37.7 Å². The van der Waals surface area contributed by atoms with Crippen LogP contribution in [-0.2, 0) is 33.9 Å². The number of ether oxygens (including phenoxy) is 2. The molecule has 1 aliphatic heterocycles. The molecule has 0 spiro atoms. The van der Waals surface area contributed by atoms with Gasteiger partial charge in [0.15, 0.2) is 0 Å². The molecular formula is C27H44N6O3. The number of rotatable bonds is 11. The monoisotopic (exact) mass is 500 g/mol. The van der Waals surface area contributed by atoms with Crippen molar-refractivity contribution >= 4 is 5.91 Å². The topological polar surface area (TPSA) is 76.2 Å². The first-order chi connectivity index (χ1) is 17.4. The first-order valence-electron chi connectivity index (χ1n) is 13.5. The van der Waals surface area contributed by atoms with Crippen LogP contribution in [0.15, 0.2) is 0 Å². The largest absolute Gasteiger partial charge is 0.384 e. The second-order valence-corrected chi connectivity index (χ2v) is 11.2. The lowest BCUT2D eigenvalue weighted by molar-refractivity contribution is -0.139. The van der Waals surface area contributed by atoms with E-state index < -0.39 is 5.54 Å². The number of hydrogen-bond donors (Lipinski definition) is 1. The summed E-state index contributed by atoms with van der Waals surface area (Å²) in [5.74, 6) is 0.439. The average Bonchev–Trinajstić information content (AvgIpc) is 3.20. The van der Waals surface area contributed by atoms with Crippen molar-refractivity contribution in [1.29, 1.82) is 0 Å². The smallest absolute Gasteiger partial charge is 0.309 e. The van der Waals surface area contributed by atoms with Crippen molar-refractivity contribution in [2.75, 3.05) is 61.2 Å². The van der Waals surface area contributed by atoms with Crippen LogP contribution in [0.1, 0.15) is 67.8 Å². The number of carbonyl (C=O) groups excluding carboxylic acids is 1. The molecule has 0 saturated heterocycles. The zero-order valence-electron chi connectivity index (χ0n) is 22.6. The average molecular weight is 501 g/mol. The Bertz CT molecular complexity index is 934. The molecule has 0 unspecified atom stereocenters. The van der Waals surface area contributed by atoms with E-state index >= 15 is 0 Å². The highest BCUT2D eigenvalue weighted by molar-refractivity contribution is 5.89. The zero-order chi connectivity index (χ0) is 25.8. The van der Waals surface area contributed by atoms with Crippen molar-refractivity contribution in [2.24, 2.45) is 5.41 Å². The molecule has 3 aliphatic rings. The molecule has 2 aliphatic carbocycles. The van der Waals surface area contributed by atoms with Gasteiger partial charge in [-0.25, -0.2) is 6.57 Å². The zero-order valence-corrected chi connectivity index (χ0v) is 22.6. The van der Waals surface area contributed by atoms with Crippen LogP contribution in [0.2, 0.25) is 0 Å². The molecule has 36 heavy (non-hydrogen) atoms. The SMILES string of the molecule is [C-]#[N+]C1(C(=O)N2CCn3nc(CN(C)CCNC)c(C4CCC(COC)(COC)CC4)c3C2)CCC1. The molecule has 0 atom stereocenters. The van der Waals surface area contributed by atoms with Crippen molar-refractivity contribution < 1.29 is 14.3 Å². The van der Waals surface area contributed by atoms with Gasteiger partial charge in [-0.2, -0.15) is 5.10 Å². The van der Waals surface area contributed by atoms with E-state index in [1.165, 1.54) is 11.3 Å². The fourth-order valence-electron chi connectivity index (χ4n) is 6.43. The lowest BCUT2D eigenvalue weighted by Crippen LogP contribution is -2.53. The van der Waals surface area contributed by atoms with Crippen LogP contribution in [0.3, 0.4) is 0 Å². The van der Waals surface area contributed by atoms with E-state index in [1.54, 1.807) is 14.2 Å². The summed E-state index contributed by atoms with van der Waals surface area (Å²) in [4.78, 5) is 21.5. The number of carbonyl (C=O) groups is 1. The molecule has 0 bridgehead atoms. The lowest BCUT2D eigenvalue weighted by Gasteiger charge is -2.40. The van der Waals surface area contributed by atoms with Gasteiger partial charge in [0.25, 0.3) is 0 Å². The lowest BCUT2D eigenvalue weighted by atomic mass is 9.69. The Hall–Kier alpha value is -1.99. The highest BCUT2D eigenvalue weighted by Gasteiger charge is 2.54. The molecule has 4 rings (SSSR count). The molecular weight excluding hydrogens is 456 g/mol. The number of fused-ring (bicyclic) bond motifs is 1. The van der Waals surface area contributed by atoms with Crippen LogP contribution in [0, 0.1) is 12.0 Å². The Morgan fingerprint density at radius 1 is 1.19 bits per heavy atom. The van der Waals surface area contributed by atoms with Gasteiger partial charge >= 0.3 is 11.4 Å². The molecule has 0 aromatic carbocycles. The van der Waals surface area contributed by atoms with Crippen LogP contribution in [-0.4, -0.2) is 92.2 Å². The minimum Gasteiger partial charge on any atom is -0.384 e. The second-order valence-electron chi connectivity index (χ2n) is 11.2. The van der Waals surface area contributed by atoms with Gasteiger partial charge in [-0.1, -0.05) is 0 Å². The number of hydrogen-bond acceptors (Lipinski definition) is 6. The van der Waals surface area contributed by atoms with Gasteiger partial charge in [-0.05, 0) is 52.1 Å². The molecule has 1 amide bonds. The maximum absolute atomic E-state index is 13.4. The van der Waals surface area contributed by atoms with E-state index in [-0.39, 0.29) is 11.3 Å². The Morgan fingerprint density at radius 2 is 1.89 bits per heavy atom. The Kier molecular flexibility index (Phi) is 8.71. The number of methoxy groups -OCH3 is 2. The standard InChI is InChI=1S/C27H44N6O3/c1-28-13-14-31(3)17-22-24(21-7-11-26(12-8-21,19-35-4)20-36-5)23-18-32(15-16-33(23)30-22)25(34)27(29-2)9-6-10-27/h21,28H,6-20H2,1,3-5H3. The predicted molar refractivity (Wildman–Crippen MR) is 138 cm³/mol. The molecule has 200 valence electrons. The number of aromatic nitrogens is 2. The van der Waals surface area contributed by atoms with E-state index in [0.717, 1.165) is 70.6 Å². The summed E-state index contributed by atoms with van der Waals surface area (Å²) < 4.78 is 13.3. The highest BCUT2D eigenvalue weighted by Crippen LogP contribution is 2.46. The highest BCUT2D eigenvalue weighted by atomic mass is 16.5. The molecule has 2 saturated carbocycles. The molecule has 9 nitrogen and oxygen atoms in total. The van der Waals surface area contributed by atoms with Crippen LogP contribution in [0.25, 0.3) is 4.85 Å². The first kappa shape index (κ1) is 27.1. The van der Waals surface area contributed by atoms with Gasteiger partial charge in [-0.3, -0.25) is 19.2 Å². The normalized spacial score (nSPS) is 21.2. The summed E-state index contributed by atoms with van der Waals surface area (Å²) in [6, 6.07) is 0. The van der Waals surface area contributed by atoms with E-state index in [4.69, 9.17) is 21.1 Å². The minimum atomic E-state index is -0.816. The number of likely N-dealkylation sites (N-methyl/N-ethyl adjacent to an activating group) is 2. The number of nitrogens with one attached hydrogen (secondary N) is 1. The van der Waals surface area contributed by atoms with Gasteiger partial charge in [-0.15, -0.1) is 0 Å². The van der Waals surface area contributed by atoms with Crippen molar-refractivity contribution in [2.45, 2.75) is 76.0 Å². The molecule has 2 heterocycles. The maximum Gasteiger partial charge on any atom is 0.309 e. The van der Waals surface area contributed by atoms with Crippen LogP contribution >= 0.6 is 0 Å². The summed E-state index contributed by atoms with van der Waals surface area (Å²) in [5, 5.41) is 8.33. The van der Waals surface area contributed by atoms with Gasteiger partial charge in [0.1, 0.15) is 0 Å². The Balaban J connectivity index is 1.59. The van der Waals surface area contributed by atoms with Crippen molar-refractivity contribution in [3.63, 3.8) is 0 Å². The number of amides is 1. The Morgan fingerprint density at radius 3 is 2.44 bits per heavy atom. The summed E-state index contributed by atoms with van der Waals surface area (Å²) in [5.41, 5.74) is 2.94. The van der Waals surface area contributed by atoms with E-state index in [0.29, 0.717) is 38.4 Å². The number of nitrogens with zero attached hydrogens (tertiary/aromatic N) is 5. The van der Waals surface area contributed by atoms with E-state index in [9.17, 15) is 4.79 Å². The third-order valence-electron chi connectivity index (χ3n) is 8.70. The van der Waals surface area contributed by atoms with Crippen LogP contribution < -0.4 is 5.32 Å². The van der Waals surface area contributed by atoms with Gasteiger partial charge < -0.3 is 19.7 Å². The van der Waals surface area contributed by atoms with Gasteiger partial charge in [0, 0.05) is 64.2 Å². The molecule has 1 N–H and O–H groups in total. The van der Waals surface area contributed by atoms with Crippen molar-refractivity contribution in [3.05, 3.63) is 28.4 Å². The minimum absolute atomic E-state index is 0.0256. The summed E-state index contributed by atoms with van der Waals surface area (Å²) in [6.45, 7) is 13.7. The van der Waals surface area contributed by atoms with Crippen molar-refractivity contribution in [1.82, 2.24) is 24.9 Å². The molecule has 9 heteroatoms. The first-order valence-corrected chi connectivity index (χ1v) is 13.5. The third-order valence-corrected chi connectivity index (χ3v) is 8.70. The Labute approximate surface area is 216 Å².